The highest BCUT2D eigenvalue weighted by molar-refractivity contribution is 6.17. The minimum absolute atomic E-state index is 0.212. The number of ether oxygens (including phenoxy) is 2. The Kier molecular flexibility index (Phi) is 5.07. The molecule has 1 fully saturated rings. The van der Waals surface area contributed by atoms with Crippen LogP contribution in [0.15, 0.2) is 0 Å². The molecule has 0 saturated carbocycles. The molecule has 5 nitrogen and oxygen atoms in total. The molecule has 0 N–H and O–H groups in total. The third-order valence-corrected chi connectivity index (χ3v) is 3.24. The van der Waals surface area contributed by atoms with Gasteiger partial charge in [0.15, 0.2) is 6.07 Å². The first-order valence-corrected chi connectivity index (χ1v) is 6.98. The Labute approximate surface area is 119 Å². The Bertz CT molecular complexity index is 353. The van der Waals surface area contributed by atoms with E-state index in [-0.39, 0.29) is 6.07 Å². The van der Waals surface area contributed by atoms with Crippen molar-refractivity contribution >= 4 is 23.7 Å². The van der Waals surface area contributed by atoms with Crippen molar-refractivity contribution in [3.63, 3.8) is 0 Å². The largest absolute Gasteiger partial charge is 0.448 e. The summed E-state index contributed by atoms with van der Waals surface area (Å²) >= 11 is 5.43. The van der Waals surface area contributed by atoms with Gasteiger partial charge in [-0.25, -0.2) is 9.59 Å². The van der Waals surface area contributed by atoms with Crippen LogP contribution < -0.4 is 0 Å². The van der Waals surface area contributed by atoms with Gasteiger partial charge in [0, 0.05) is 6.54 Å². The quantitative estimate of drug-likeness (QED) is 0.580. The Morgan fingerprint density at radius 3 is 2.47 bits per heavy atom. The number of halogens is 1. The molecule has 6 heteroatoms. The number of nitrogens with zero attached hydrogens (tertiary/aromatic N) is 1. The van der Waals surface area contributed by atoms with E-state index in [0.29, 0.717) is 13.0 Å². The van der Waals surface area contributed by atoms with Gasteiger partial charge in [0.05, 0.1) is 0 Å². The Hall–Kier alpha value is -0.970. The summed E-state index contributed by atoms with van der Waals surface area (Å²) in [5, 5.41) is 0. The lowest BCUT2D eigenvalue weighted by molar-refractivity contribution is -0.157. The summed E-state index contributed by atoms with van der Waals surface area (Å²) in [6.45, 7) is 7.57. The van der Waals surface area contributed by atoms with E-state index >= 15 is 0 Å². The number of carbonyl (C=O) groups excluding carboxylic acids is 2. The number of piperidine rings is 1. The van der Waals surface area contributed by atoms with E-state index in [1.54, 1.807) is 27.7 Å². The standard InChI is InChI=1S/C13H22ClNO4/c1-12(2,3)19-11(17)15-8-6-5-7-13(15,4)10(16)18-9-14/h5-9H2,1-4H3. The molecule has 1 aliphatic rings. The normalized spacial score (nSPS) is 23.9. The average molecular weight is 292 g/mol. The molecule has 1 aliphatic heterocycles. The monoisotopic (exact) mass is 291 g/mol. The van der Waals surface area contributed by atoms with Gasteiger partial charge in [0.1, 0.15) is 11.1 Å². The number of hydrogen-bond acceptors (Lipinski definition) is 4. The number of rotatable bonds is 2. The van der Waals surface area contributed by atoms with E-state index in [4.69, 9.17) is 21.1 Å². The molecule has 1 unspecified atom stereocenters. The Morgan fingerprint density at radius 2 is 1.95 bits per heavy atom. The van der Waals surface area contributed by atoms with Gasteiger partial charge in [-0.1, -0.05) is 11.6 Å². The SMILES string of the molecule is CC(C)(C)OC(=O)N1CCCCC1(C)C(=O)OCCl. The zero-order valence-corrected chi connectivity index (χ0v) is 12.7. The summed E-state index contributed by atoms with van der Waals surface area (Å²) in [5.41, 5.74) is -1.58. The van der Waals surface area contributed by atoms with E-state index in [1.807, 2.05) is 0 Å². The maximum Gasteiger partial charge on any atom is 0.411 e. The topological polar surface area (TPSA) is 55.8 Å². The van der Waals surface area contributed by atoms with Crippen LogP contribution in [0, 0.1) is 0 Å². The van der Waals surface area contributed by atoms with E-state index in [1.165, 1.54) is 4.90 Å². The van der Waals surface area contributed by atoms with Crippen molar-refractivity contribution in [2.45, 2.75) is 58.1 Å². The van der Waals surface area contributed by atoms with Crippen LogP contribution in [0.2, 0.25) is 0 Å². The number of amides is 1. The van der Waals surface area contributed by atoms with Gasteiger partial charge >= 0.3 is 12.1 Å². The van der Waals surface area contributed by atoms with Crippen LogP contribution in [0.3, 0.4) is 0 Å². The number of likely N-dealkylation sites (tertiary alicyclic amines) is 1. The van der Waals surface area contributed by atoms with Gasteiger partial charge in [-0.15, -0.1) is 0 Å². The van der Waals surface area contributed by atoms with Crippen molar-refractivity contribution in [2.75, 3.05) is 12.6 Å². The lowest BCUT2D eigenvalue weighted by Gasteiger charge is -2.42. The predicted octanol–water partition coefficient (Wildman–Crippen LogP) is 2.91. The first-order chi connectivity index (χ1) is 8.70. The van der Waals surface area contributed by atoms with Crippen LogP contribution in [0.1, 0.15) is 47.0 Å². The second-order valence-electron chi connectivity index (χ2n) is 5.90. The fourth-order valence-electron chi connectivity index (χ4n) is 2.15. The molecule has 0 spiro atoms. The molecule has 0 aromatic carbocycles. The fraction of sp³-hybridized carbons (Fsp3) is 0.846. The molecule has 1 rings (SSSR count). The summed E-state index contributed by atoms with van der Waals surface area (Å²) in [6.07, 6.45) is 1.79. The second-order valence-corrected chi connectivity index (χ2v) is 6.12. The van der Waals surface area contributed by atoms with Crippen LogP contribution in [-0.2, 0) is 14.3 Å². The third-order valence-electron chi connectivity index (χ3n) is 3.13. The van der Waals surface area contributed by atoms with Crippen molar-refractivity contribution in [2.24, 2.45) is 0 Å². The lowest BCUT2D eigenvalue weighted by atomic mass is 9.89. The molecule has 1 atom stereocenters. The third kappa shape index (κ3) is 4.00. The molecule has 110 valence electrons. The van der Waals surface area contributed by atoms with Crippen molar-refractivity contribution in [3.8, 4) is 0 Å². The molecular formula is C13H22ClNO4. The van der Waals surface area contributed by atoms with Gasteiger partial charge < -0.3 is 9.47 Å². The van der Waals surface area contributed by atoms with Crippen LogP contribution in [0.5, 0.6) is 0 Å². The summed E-state index contributed by atoms with van der Waals surface area (Å²) in [4.78, 5) is 25.7. The highest BCUT2D eigenvalue weighted by Crippen LogP contribution is 2.30. The van der Waals surface area contributed by atoms with Gasteiger partial charge in [-0.2, -0.15) is 0 Å². The van der Waals surface area contributed by atoms with E-state index in [9.17, 15) is 9.59 Å². The van der Waals surface area contributed by atoms with Crippen LogP contribution in [-0.4, -0.2) is 40.7 Å². The van der Waals surface area contributed by atoms with E-state index in [2.05, 4.69) is 0 Å². The van der Waals surface area contributed by atoms with Crippen molar-refractivity contribution in [1.29, 1.82) is 0 Å². The molecule has 0 aromatic heterocycles. The van der Waals surface area contributed by atoms with Gasteiger partial charge in [-0.05, 0) is 47.0 Å². The first kappa shape index (κ1) is 16.1. The molecule has 19 heavy (non-hydrogen) atoms. The fourth-order valence-corrected chi connectivity index (χ4v) is 2.25. The van der Waals surface area contributed by atoms with Crippen LogP contribution >= 0.6 is 11.6 Å². The zero-order valence-electron chi connectivity index (χ0n) is 12.0. The Balaban J connectivity index is 2.88. The highest BCUT2D eigenvalue weighted by atomic mass is 35.5. The number of carbonyl (C=O) groups is 2. The van der Waals surface area contributed by atoms with Gasteiger partial charge in [-0.3, -0.25) is 4.90 Å². The number of hydrogen-bond donors (Lipinski definition) is 0. The number of esters is 1. The predicted molar refractivity (Wildman–Crippen MR) is 72.0 cm³/mol. The van der Waals surface area contributed by atoms with E-state index in [0.717, 1.165) is 12.8 Å². The maximum atomic E-state index is 12.2. The number of alkyl halides is 1. The van der Waals surface area contributed by atoms with Crippen molar-refractivity contribution in [3.05, 3.63) is 0 Å². The van der Waals surface area contributed by atoms with Crippen LogP contribution in [0.4, 0.5) is 4.79 Å². The van der Waals surface area contributed by atoms with Crippen molar-refractivity contribution < 1.29 is 19.1 Å². The second kappa shape index (κ2) is 5.99. The smallest absolute Gasteiger partial charge is 0.411 e. The molecule has 0 radical (unpaired) electrons. The van der Waals surface area contributed by atoms with E-state index < -0.39 is 23.2 Å². The minimum Gasteiger partial charge on any atom is -0.448 e. The summed E-state index contributed by atoms with van der Waals surface area (Å²) in [5.74, 6) is -0.479. The summed E-state index contributed by atoms with van der Waals surface area (Å²) < 4.78 is 10.2. The molecule has 0 bridgehead atoms. The molecule has 0 aliphatic carbocycles. The highest BCUT2D eigenvalue weighted by Gasteiger charge is 2.46. The summed E-state index contributed by atoms with van der Waals surface area (Å²) in [7, 11) is 0. The maximum absolute atomic E-state index is 12.2. The molecular weight excluding hydrogens is 270 g/mol. The Morgan fingerprint density at radius 1 is 1.32 bits per heavy atom. The van der Waals surface area contributed by atoms with Crippen LogP contribution in [0.25, 0.3) is 0 Å². The van der Waals surface area contributed by atoms with Crippen molar-refractivity contribution in [1.82, 2.24) is 4.90 Å². The molecule has 0 aromatic rings. The van der Waals surface area contributed by atoms with Gasteiger partial charge in [0.25, 0.3) is 0 Å². The molecule has 1 saturated heterocycles. The van der Waals surface area contributed by atoms with Gasteiger partial charge in [0.2, 0.25) is 0 Å². The first-order valence-electron chi connectivity index (χ1n) is 6.44. The average Bonchev–Trinajstić information content (AvgIpc) is 2.27. The molecule has 1 amide bonds. The summed E-state index contributed by atoms with van der Waals surface area (Å²) in [6, 6.07) is -0.212. The molecule has 1 heterocycles. The zero-order chi connectivity index (χ0) is 14.7. The lowest BCUT2D eigenvalue weighted by Crippen LogP contribution is -2.58. The minimum atomic E-state index is -0.991.